The van der Waals surface area contributed by atoms with Crippen LogP contribution in [-0.4, -0.2) is 53.0 Å². The number of anilines is 1. The van der Waals surface area contributed by atoms with E-state index in [4.69, 9.17) is 5.73 Å². The van der Waals surface area contributed by atoms with Crippen molar-refractivity contribution >= 4 is 11.6 Å². The number of H-pyrrole nitrogens is 1. The molecule has 0 spiro atoms. The first kappa shape index (κ1) is 21.8. The molecule has 30 heavy (non-hydrogen) atoms. The fourth-order valence-electron chi connectivity index (χ4n) is 4.01. The second-order valence-corrected chi connectivity index (χ2v) is 7.50. The first-order valence-corrected chi connectivity index (χ1v) is 10.7. The summed E-state index contributed by atoms with van der Waals surface area (Å²) in [5.74, 6) is -0.0206. The molecule has 1 atom stereocenters. The van der Waals surface area contributed by atoms with Gasteiger partial charge in [0.15, 0.2) is 0 Å². The zero-order valence-electron chi connectivity index (χ0n) is 17.8. The number of aryl methyl sites for hydroxylation is 1. The number of carbonyl (C=O) groups excluding carboxylic acids is 1. The number of hydrogen-bond donors (Lipinski definition) is 2. The molecule has 0 aliphatic carbocycles. The second kappa shape index (κ2) is 10.2. The van der Waals surface area contributed by atoms with Gasteiger partial charge in [0, 0.05) is 61.9 Å². The third kappa shape index (κ3) is 4.97. The van der Waals surface area contributed by atoms with E-state index in [-0.39, 0.29) is 17.5 Å². The SMILES string of the molecule is CCc1cc(-c2c[nH]c(=O)c(N(CC)[C@@H]3CCCN(C(=O)/C=C/CN)C3)c2)ccn1. The number of carbonyl (C=O) groups is 1. The average molecular weight is 410 g/mol. The molecule has 7 heteroatoms. The maximum Gasteiger partial charge on any atom is 0.271 e. The number of rotatable bonds is 7. The molecular formula is C23H31N5O2. The largest absolute Gasteiger partial charge is 0.363 e. The number of pyridine rings is 2. The summed E-state index contributed by atoms with van der Waals surface area (Å²) in [4.78, 5) is 36.3. The van der Waals surface area contributed by atoms with Crippen molar-refractivity contribution in [3.8, 4) is 11.1 Å². The number of piperidine rings is 1. The Morgan fingerprint density at radius 3 is 2.93 bits per heavy atom. The van der Waals surface area contributed by atoms with E-state index in [1.807, 2.05) is 24.0 Å². The summed E-state index contributed by atoms with van der Waals surface area (Å²) < 4.78 is 0. The summed E-state index contributed by atoms with van der Waals surface area (Å²) in [7, 11) is 0. The second-order valence-electron chi connectivity index (χ2n) is 7.50. The Morgan fingerprint density at radius 2 is 2.20 bits per heavy atom. The van der Waals surface area contributed by atoms with Crippen molar-refractivity contribution < 1.29 is 4.79 Å². The Balaban J connectivity index is 1.88. The van der Waals surface area contributed by atoms with Crippen molar-refractivity contribution in [2.75, 3.05) is 31.1 Å². The minimum absolute atomic E-state index is 0.0206. The standard InChI is InChI=1S/C23H31N5O2/c1-3-19-13-17(9-11-25-19)18-14-21(23(30)26-15-18)28(4-2)20-7-6-12-27(16-20)22(29)8-5-10-24/h5,8-9,11,13-15,20H,3-4,6-7,10,12,16,24H2,1-2H3,(H,26,30)/b8-5+/t20-/m1/s1. The minimum Gasteiger partial charge on any atom is -0.363 e. The van der Waals surface area contributed by atoms with Crippen molar-refractivity contribution in [3.63, 3.8) is 0 Å². The van der Waals surface area contributed by atoms with Gasteiger partial charge >= 0.3 is 0 Å². The summed E-state index contributed by atoms with van der Waals surface area (Å²) in [6, 6.07) is 6.06. The van der Waals surface area contributed by atoms with Crippen LogP contribution in [-0.2, 0) is 11.2 Å². The number of likely N-dealkylation sites (N-methyl/N-ethyl adjacent to an activating group) is 1. The molecule has 1 fully saturated rings. The van der Waals surface area contributed by atoms with E-state index in [1.165, 1.54) is 0 Å². The van der Waals surface area contributed by atoms with Crippen LogP contribution >= 0.6 is 0 Å². The smallest absolute Gasteiger partial charge is 0.271 e. The molecule has 3 N–H and O–H groups in total. The first-order valence-electron chi connectivity index (χ1n) is 10.7. The lowest BCUT2D eigenvalue weighted by Gasteiger charge is -2.39. The maximum atomic E-state index is 12.7. The molecule has 1 aliphatic heterocycles. The molecule has 0 unspecified atom stereocenters. The molecule has 7 nitrogen and oxygen atoms in total. The normalized spacial score (nSPS) is 16.8. The van der Waals surface area contributed by atoms with Crippen LogP contribution in [0.5, 0.6) is 0 Å². The van der Waals surface area contributed by atoms with Crippen molar-refractivity contribution in [2.45, 2.75) is 39.2 Å². The van der Waals surface area contributed by atoms with Gasteiger partial charge in [0.1, 0.15) is 5.69 Å². The lowest BCUT2D eigenvalue weighted by Crippen LogP contribution is -2.50. The van der Waals surface area contributed by atoms with Gasteiger partial charge in [-0.15, -0.1) is 0 Å². The monoisotopic (exact) mass is 409 g/mol. The summed E-state index contributed by atoms with van der Waals surface area (Å²) in [6.45, 7) is 6.48. The molecule has 1 aliphatic rings. The highest BCUT2D eigenvalue weighted by Gasteiger charge is 2.28. The van der Waals surface area contributed by atoms with E-state index in [0.717, 1.165) is 42.6 Å². The quantitative estimate of drug-likeness (QED) is 0.685. The van der Waals surface area contributed by atoms with Crippen LogP contribution in [0.4, 0.5) is 5.69 Å². The molecule has 0 aromatic carbocycles. The fraction of sp³-hybridized carbons (Fsp3) is 0.435. The topological polar surface area (TPSA) is 95.3 Å². The van der Waals surface area contributed by atoms with Crippen LogP contribution < -0.4 is 16.2 Å². The van der Waals surface area contributed by atoms with E-state index in [0.29, 0.717) is 25.3 Å². The highest BCUT2D eigenvalue weighted by atomic mass is 16.2. The molecule has 1 amide bonds. The predicted molar refractivity (Wildman–Crippen MR) is 120 cm³/mol. The lowest BCUT2D eigenvalue weighted by molar-refractivity contribution is -0.127. The summed E-state index contributed by atoms with van der Waals surface area (Å²) in [6.07, 6.45) is 9.48. The molecule has 3 heterocycles. The third-order valence-electron chi connectivity index (χ3n) is 5.59. The van der Waals surface area contributed by atoms with E-state index < -0.39 is 0 Å². The minimum atomic E-state index is -0.114. The number of nitrogens with zero attached hydrogens (tertiary/aromatic N) is 3. The van der Waals surface area contributed by atoms with Gasteiger partial charge in [0.2, 0.25) is 5.91 Å². The van der Waals surface area contributed by atoms with Gasteiger partial charge < -0.3 is 20.5 Å². The van der Waals surface area contributed by atoms with Gasteiger partial charge in [0.05, 0.1) is 0 Å². The number of hydrogen-bond acceptors (Lipinski definition) is 5. The van der Waals surface area contributed by atoms with E-state index in [1.54, 1.807) is 24.5 Å². The van der Waals surface area contributed by atoms with Gasteiger partial charge in [-0.1, -0.05) is 13.0 Å². The Kier molecular flexibility index (Phi) is 7.41. The summed E-state index contributed by atoms with van der Waals surface area (Å²) in [5.41, 5.74) is 8.99. The van der Waals surface area contributed by atoms with Gasteiger partial charge in [-0.05, 0) is 49.9 Å². The van der Waals surface area contributed by atoms with Crippen LogP contribution in [0.2, 0.25) is 0 Å². The molecule has 0 saturated carbocycles. The van der Waals surface area contributed by atoms with Crippen LogP contribution in [0.3, 0.4) is 0 Å². The maximum absolute atomic E-state index is 12.7. The van der Waals surface area contributed by atoms with Crippen molar-refractivity contribution in [1.82, 2.24) is 14.9 Å². The van der Waals surface area contributed by atoms with Gasteiger partial charge in [-0.2, -0.15) is 0 Å². The Hall–Kier alpha value is -2.93. The molecule has 2 aromatic rings. The van der Waals surface area contributed by atoms with Crippen molar-refractivity contribution in [3.05, 3.63) is 58.8 Å². The van der Waals surface area contributed by atoms with Crippen LogP contribution in [0.25, 0.3) is 11.1 Å². The van der Waals surface area contributed by atoms with Crippen molar-refractivity contribution in [2.24, 2.45) is 5.73 Å². The number of nitrogens with two attached hydrogens (primary N) is 1. The fourth-order valence-corrected chi connectivity index (χ4v) is 4.01. The number of aromatic nitrogens is 2. The zero-order chi connectivity index (χ0) is 21.5. The Morgan fingerprint density at radius 1 is 1.37 bits per heavy atom. The molecule has 1 saturated heterocycles. The van der Waals surface area contributed by atoms with Crippen molar-refractivity contribution in [1.29, 1.82) is 0 Å². The number of aromatic amines is 1. The Bertz CT molecular complexity index is 953. The van der Waals surface area contributed by atoms with E-state index >= 15 is 0 Å². The van der Waals surface area contributed by atoms with Crippen LogP contribution in [0, 0.1) is 0 Å². The van der Waals surface area contributed by atoms with Crippen LogP contribution in [0.1, 0.15) is 32.4 Å². The molecule has 160 valence electrons. The molecule has 0 bridgehead atoms. The summed E-state index contributed by atoms with van der Waals surface area (Å²) in [5, 5.41) is 0. The zero-order valence-corrected chi connectivity index (χ0v) is 17.8. The highest BCUT2D eigenvalue weighted by molar-refractivity contribution is 5.87. The highest BCUT2D eigenvalue weighted by Crippen LogP contribution is 2.25. The predicted octanol–water partition coefficient (Wildman–Crippen LogP) is 2.33. The number of nitrogens with one attached hydrogen (secondary N) is 1. The molecule has 2 aromatic heterocycles. The number of amides is 1. The Labute approximate surface area is 177 Å². The lowest BCUT2D eigenvalue weighted by atomic mass is 10.0. The van der Waals surface area contributed by atoms with Gasteiger partial charge in [-0.25, -0.2) is 0 Å². The first-order chi connectivity index (χ1) is 14.6. The molecule has 0 radical (unpaired) electrons. The molecular weight excluding hydrogens is 378 g/mol. The summed E-state index contributed by atoms with van der Waals surface area (Å²) >= 11 is 0. The molecule has 3 rings (SSSR count). The van der Waals surface area contributed by atoms with Crippen LogP contribution in [0.15, 0.2) is 47.5 Å². The van der Waals surface area contributed by atoms with E-state index in [9.17, 15) is 9.59 Å². The average Bonchev–Trinajstić information content (AvgIpc) is 2.79. The third-order valence-corrected chi connectivity index (χ3v) is 5.59. The van der Waals surface area contributed by atoms with E-state index in [2.05, 4.69) is 27.9 Å². The van der Waals surface area contributed by atoms with Gasteiger partial charge in [0.25, 0.3) is 5.56 Å². The van der Waals surface area contributed by atoms with Gasteiger partial charge in [-0.3, -0.25) is 14.6 Å². The number of likely N-dealkylation sites (tertiary alicyclic amines) is 1.